The minimum atomic E-state index is -4.44. The van der Waals surface area contributed by atoms with Crippen molar-refractivity contribution in [2.75, 3.05) is 26.2 Å². The largest absolute Gasteiger partial charge is 0.416 e. The molecule has 0 amide bonds. The van der Waals surface area contributed by atoms with Crippen LogP contribution in [0.25, 0.3) is 0 Å². The van der Waals surface area contributed by atoms with E-state index in [9.17, 15) is 17.6 Å². The van der Waals surface area contributed by atoms with Crippen molar-refractivity contribution in [2.45, 2.75) is 25.1 Å². The first-order valence-electron chi connectivity index (χ1n) is 7.28. The molecular formula is C15H18F4N2. The van der Waals surface area contributed by atoms with E-state index in [0.717, 1.165) is 44.1 Å². The Morgan fingerprint density at radius 3 is 2.38 bits per heavy atom. The first-order chi connectivity index (χ1) is 9.97. The molecule has 1 heterocycles. The Morgan fingerprint density at radius 1 is 1.14 bits per heavy atom. The van der Waals surface area contributed by atoms with E-state index in [4.69, 9.17) is 0 Å². The van der Waals surface area contributed by atoms with Crippen molar-refractivity contribution in [3.8, 4) is 0 Å². The quantitative estimate of drug-likeness (QED) is 0.863. The highest BCUT2D eigenvalue weighted by molar-refractivity contribution is 5.34. The number of hydrogen-bond acceptors (Lipinski definition) is 2. The molecule has 1 aromatic carbocycles. The van der Waals surface area contributed by atoms with Gasteiger partial charge in [-0.25, -0.2) is 4.39 Å². The predicted octanol–water partition coefficient (Wildman–Crippen LogP) is 3.20. The maximum atomic E-state index is 13.5. The maximum Gasteiger partial charge on any atom is 0.416 e. The van der Waals surface area contributed by atoms with Gasteiger partial charge in [-0.3, -0.25) is 4.90 Å². The molecule has 1 aromatic rings. The number of nitrogens with zero attached hydrogens (tertiary/aromatic N) is 1. The van der Waals surface area contributed by atoms with Crippen LogP contribution >= 0.6 is 0 Å². The molecule has 116 valence electrons. The third kappa shape index (κ3) is 3.21. The van der Waals surface area contributed by atoms with Gasteiger partial charge in [0.2, 0.25) is 0 Å². The lowest BCUT2D eigenvalue weighted by atomic mass is 9.94. The summed E-state index contributed by atoms with van der Waals surface area (Å²) in [4.78, 5) is 2.07. The van der Waals surface area contributed by atoms with Gasteiger partial charge in [0.1, 0.15) is 5.82 Å². The van der Waals surface area contributed by atoms with Crippen LogP contribution in [-0.2, 0) is 6.18 Å². The van der Waals surface area contributed by atoms with E-state index in [1.54, 1.807) is 0 Å². The Morgan fingerprint density at radius 2 is 1.81 bits per heavy atom. The van der Waals surface area contributed by atoms with Crippen molar-refractivity contribution in [3.05, 3.63) is 35.1 Å². The van der Waals surface area contributed by atoms with Gasteiger partial charge in [0.15, 0.2) is 0 Å². The topological polar surface area (TPSA) is 15.3 Å². The van der Waals surface area contributed by atoms with Crippen molar-refractivity contribution < 1.29 is 17.6 Å². The number of piperazine rings is 1. The molecule has 1 N–H and O–H groups in total. The van der Waals surface area contributed by atoms with Crippen LogP contribution in [0.3, 0.4) is 0 Å². The number of nitrogens with one attached hydrogen (secondary N) is 1. The molecule has 1 aliphatic carbocycles. The van der Waals surface area contributed by atoms with Gasteiger partial charge in [-0.2, -0.15) is 13.2 Å². The van der Waals surface area contributed by atoms with Gasteiger partial charge in [-0.15, -0.1) is 0 Å². The van der Waals surface area contributed by atoms with Gasteiger partial charge in [0, 0.05) is 32.2 Å². The average Bonchev–Trinajstić information content (AvgIpc) is 3.23. The fraction of sp³-hybridized carbons (Fsp3) is 0.600. The molecule has 1 saturated heterocycles. The Hall–Kier alpha value is -1.14. The smallest absolute Gasteiger partial charge is 0.314 e. The van der Waals surface area contributed by atoms with Crippen LogP contribution in [0.1, 0.15) is 30.0 Å². The summed E-state index contributed by atoms with van der Waals surface area (Å²) in [7, 11) is 0. The standard InChI is InChI=1S/C15H18F4N2/c16-11-3-4-13(15(17,18)19)12(9-11)14(10-1-2-10)21-7-5-20-6-8-21/h3-4,9-10,14,20H,1-2,5-8H2/t14-/m1/s1. The lowest BCUT2D eigenvalue weighted by Crippen LogP contribution is -2.46. The summed E-state index contributed by atoms with van der Waals surface area (Å²) in [6, 6.07) is 2.53. The molecule has 21 heavy (non-hydrogen) atoms. The molecular weight excluding hydrogens is 284 g/mol. The summed E-state index contributed by atoms with van der Waals surface area (Å²) in [6.45, 7) is 2.93. The maximum absolute atomic E-state index is 13.5. The molecule has 1 saturated carbocycles. The predicted molar refractivity (Wildman–Crippen MR) is 71.3 cm³/mol. The van der Waals surface area contributed by atoms with Crippen LogP contribution in [0.4, 0.5) is 17.6 Å². The molecule has 0 unspecified atom stereocenters. The summed E-state index contributed by atoms with van der Waals surface area (Å²) >= 11 is 0. The first kappa shape index (κ1) is 14.8. The van der Waals surface area contributed by atoms with Crippen LogP contribution in [0.5, 0.6) is 0 Å². The van der Waals surface area contributed by atoms with Crippen molar-refractivity contribution >= 4 is 0 Å². The van der Waals surface area contributed by atoms with Gasteiger partial charge in [0.05, 0.1) is 5.56 Å². The van der Waals surface area contributed by atoms with Gasteiger partial charge in [-0.05, 0) is 42.5 Å². The molecule has 2 aliphatic rings. The highest BCUT2D eigenvalue weighted by Crippen LogP contribution is 2.48. The highest BCUT2D eigenvalue weighted by Gasteiger charge is 2.42. The average molecular weight is 302 g/mol. The van der Waals surface area contributed by atoms with Gasteiger partial charge >= 0.3 is 6.18 Å². The molecule has 0 aromatic heterocycles. The minimum absolute atomic E-state index is 0.104. The third-order valence-electron chi connectivity index (χ3n) is 4.25. The minimum Gasteiger partial charge on any atom is -0.314 e. The summed E-state index contributed by atoms with van der Waals surface area (Å²) in [5, 5.41) is 3.20. The molecule has 2 fully saturated rings. The van der Waals surface area contributed by atoms with Crippen LogP contribution in [0.15, 0.2) is 18.2 Å². The SMILES string of the molecule is Fc1ccc(C(F)(F)F)c([C@@H](C2CC2)N2CCNCC2)c1. The van der Waals surface area contributed by atoms with Crippen LogP contribution in [0.2, 0.25) is 0 Å². The summed E-state index contributed by atoms with van der Waals surface area (Å²) in [5.74, 6) is -0.384. The van der Waals surface area contributed by atoms with Gasteiger partial charge in [-0.1, -0.05) is 0 Å². The van der Waals surface area contributed by atoms with Crippen molar-refractivity contribution in [2.24, 2.45) is 5.92 Å². The Balaban J connectivity index is 2.00. The van der Waals surface area contributed by atoms with Crippen LogP contribution < -0.4 is 5.32 Å². The van der Waals surface area contributed by atoms with Crippen LogP contribution in [0, 0.1) is 11.7 Å². The highest BCUT2D eigenvalue weighted by atomic mass is 19.4. The lowest BCUT2D eigenvalue weighted by molar-refractivity contribution is -0.139. The number of hydrogen-bond donors (Lipinski definition) is 1. The second-order valence-corrected chi connectivity index (χ2v) is 5.80. The van der Waals surface area contributed by atoms with Crippen LogP contribution in [-0.4, -0.2) is 31.1 Å². The first-order valence-corrected chi connectivity index (χ1v) is 7.28. The number of alkyl halides is 3. The van der Waals surface area contributed by atoms with E-state index in [1.807, 2.05) is 0 Å². The zero-order valence-electron chi connectivity index (χ0n) is 11.6. The van der Waals surface area contributed by atoms with E-state index in [1.165, 1.54) is 0 Å². The summed E-state index contributed by atoms with van der Waals surface area (Å²) in [5.41, 5.74) is -0.591. The third-order valence-corrected chi connectivity index (χ3v) is 4.25. The molecule has 0 bridgehead atoms. The molecule has 6 heteroatoms. The van der Waals surface area contributed by atoms with Gasteiger partial charge < -0.3 is 5.32 Å². The Bertz CT molecular complexity index is 505. The Kier molecular flexibility index (Phi) is 3.92. The summed E-state index contributed by atoms with van der Waals surface area (Å²) in [6.07, 6.45) is -2.60. The van der Waals surface area contributed by atoms with E-state index < -0.39 is 17.6 Å². The lowest BCUT2D eigenvalue weighted by Gasteiger charge is -2.36. The van der Waals surface area contributed by atoms with E-state index >= 15 is 0 Å². The van der Waals surface area contributed by atoms with Crippen molar-refractivity contribution in [1.29, 1.82) is 0 Å². The number of halogens is 4. The van der Waals surface area contributed by atoms with E-state index in [0.29, 0.717) is 13.1 Å². The second-order valence-electron chi connectivity index (χ2n) is 5.80. The van der Waals surface area contributed by atoms with E-state index in [2.05, 4.69) is 10.2 Å². The fourth-order valence-corrected chi connectivity index (χ4v) is 3.16. The molecule has 3 rings (SSSR count). The molecule has 0 spiro atoms. The molecule has 1 atom stereocenters. The fourth-order valence-electron chi connectivity index (χ4n) is 3.16. The normalized spacial score (nSPS) is 22.3. The van der Waals surface area contributed by atoms with E-state index in [-0.39, 0.29) is 17.5 Å². The molecule has 2 nitrogen and oxygen atoms in total. The second kappa shape index (κ2) is 5.57. The number of rotatable bonds is 3. The Labute approximate surface area is 121 Å². The molecule has 0 radical (unpaired) electrons. The molecule has 1 aliphatic heterocycles. The number of benzene rings is 1. The van der Waals surface area contributed by atoms with Crippen molar-refractivity contribution in [1.82, 2.24) is 10.2 Å². The van der Waals surface area contributed by atoms with Crippen molar-refractivity contribution in [3.63, 3.8) is 0 Å². The monoisotopic (exact) mass is 302 g/mol. The zero-order chi connectivity index (χ0) is 15.0. The summed E-state index contributed by atoms with van der Waals surface area (Å²) < 4.78 is 53.3. The zero-order valence-corrected chi connectivity index (χ0v) is 11.6. The van der Waals surface area contributed by atoms with Gasteiger partial charge in [0.25, 0.3) is 0 Å².